The molecule has 1 fully saturated rings. The van der Waals surface area contributed by atoms with Crippen molar-refractivity contribution in [1.29, 1.82) is 0 Å². The van der Waals surface area contributed by atoms with E-state index in [4.69, 9.17) is 9.47 Å². The fourth-order valence-electron chi connectivity index (χ4n) is 3.07. The SMILES string of the molecule is CCOc1ccc(OCC)c(S(=O)(=O)Nc2cnc(N3CCCCC3)nc2)c1. The Morgan fingerprint density at radius 3 is 2.36 bits per heavy atom. The standard InChI is InChI=1S/C19H26N4O4S/c1-3-26-16-8-9-17(27-4-2)18(12-16)28(24,25)22-15-13-20-19(21-14-15)23-10-6-5-7-11-23/h8-9,12-14,22H,3-7,10-11H2,1-2H3. The molecule has 0 radical (unpaired) electrons. The highest BCUT2D eigenvalue weighted by Crippen LogP contribution is 2.30. The minimum absolute atomic E-state index is 0.0143. The van der Waals surface area contributed by atoms with Crippen LogP contribution in [0.1, 0.15) is 33.1 Å². The van der Waals surface area contributed by atoms with E-state index in [9.17, 15) is 8.42 Å². The molecule has 1 N–H and O–H groups in total. The van der Waals surface area contributed by atoms with E-state index < -0.39 is 10.0 Å². The van der Waals surface area contributed by atoms with E-state index in [1.165, 1.54) is 24.9 Å². The van der Waals surface area contributed by atoms with Crippen molar-refractivity contribution < 1.29 is 17.9 Å². The molecule has 0 atom stereocenters. The molecule has 1 aromatic heterocycles. The molecule has 0 unspecified atom stereocenters. The van der Waals surface area contributed by atoms with Gasteiger partial charge in [0.2, 0.25) is 5.95 Å². The summed E-state index contributed by atoms with van der Waals surface area (Å²) >= 11 is 0. The van der Waals surface area contributed by atoms with Crippen LogP contribution in [0.15, 0.2) is 35.5 Å². The van der Waals surface area contributed by atoms with Crippen molar-refractivity contribution in [2.45, 2.75) is 38.0 Å². The Morgan fingerprint density at radius 1 is 1.04 bits per heavy atom. The van der Waals surface area contributed by atoms with Crippen LogP contribution in [-0.2, 0) is 10.0 Å². The third kappa shape index (κ3) is 4.83. The van der Waals surface area contributed by atoms with Crippen molar-refractivity contribution in [1.82, 2.24) is 9.97 Å². The van der Waals surface area contributed by atoms with Crippen LogP contribution in [0.25, 0.3) is 0 Å². The summed E-state index contributed by atoms with van der Waals surface area (Å²) in [5, 5.41) is 0. The number of nitrogens with one attached hydrogen (secondary N) is 1. The van der Waals surface area contributed by atoms with Crippen LogP contribution in [0, 0.1) is 0 Å². The van der Waals surface area contributed by atoms with E-state index in [-0.39, 0.29) is 10.6 Å². The Hall–Kier alpha value is -2.55. The van der Waals surface area contributed by atoms with Crippen LogP contribution in [0.4, 0.5) is 11.6 Å². The maximum atomic E-state index is 12.9. The smallest absolute Gasteiger partial charge is 0.265 e. The number of ether oxygens (including phenoxy) is 2. The van der Waals surface area contributed by atoms with Gasteiger partial charge >= 0.3 is 0 Å². The molecular formula is C19H26N4O4S. The summed E-state index contributed by atoms with van der Waals surface area (Å²) in [7, 11) is -3.89. The number of aromatic nitrogens is 2. The van der Waals surface area contributed by atoms with Crippen molar-refractivity contribution in [3.63, 3.8) is 0 Å². The molecule has 28 heavy (non-hydrogen) atoms. The van der Waals surface area contributed by atoms with Crippen molar-refractivity contribution in [3.05, 3.63) is 30.6 Å². The average Bonchev–Trinajstić information content (AvgIpc) is 2.70. The molecule has 1 saturated heterocycles. The van der Waals surface area contributed by atoms with Crippen LogP contribution < -0.4 is 19.1 Å². The maximum Gasteiger partial charge on any atom is 0.265 e. The Labute approximate surface area is 166 Å². The number of hydrogen-bond acceptors (Lipinski definition) is 7. The van der Waals surface area contributed by atoms with E-state index in [2.05, 4.69) is 19.6 Å². The second-order valence-electron chi connectivity index (χ2n) is 6.40. The van der Waals surface area contributed by atoms with Gasteiger partial charge in [0, 0.05) is 19.2 Å². The number of nitrogens with zero attached hydrogens (tertiary/aromatic N) is 3. The first-order valence-corrected chi connectivity index (χ1v) is 11.0. The molecular weight excluding hydrogens is 380 g/mol. The minimum Gasteiger partial charge on any atom is -0.494 e. The fourth-order valence-corrected chi connectivity index (χ4v) is 4.26. The van der Waals surface area contributed by atoms with Gasteiger partial charge in [-0.15, -0.1) is 0 Å². The molecule has 0 amide bonds. The van der Waals surface area contributed by atoms with Crippen molar-refractivity contribution in [2.24, 2.45) is 0 Å². The van der Waals surface area contributed by atoms with E-state index in [1.54, 1.807) is 19.1 Å². The summed E-state index contributed by atoms with van der Waals surface area (Å²) in [5.74, 6) is 1.35. The highest BCUT2D eigenvalue weighted by Gasteiger charge is 2.22. The average molecular weight is 407 g/mol. The van der Waals surface area contributed by atoms with E-state index in [0.29, 0.717) is 30.6 Å². The summed E-state index contributed by atoms with van der Waals surface area (Å²) in [6.45, 7) is 6.27. The topological polar surface area (TPSA) is 93.6 Å². The van der Waals surface area contributed by atoms with Crippen LogP contribution in [0.5, 0.6) is 11.5 Å². The van der Waals surface area contributed by atoms with Gasteiger partial charge in [0.15, 0.2) is 0 Å². The molecule has 0 aliphatic carbocycles. The summed E-state index contributed by atoms with van der Waals surface area (Å²) in [5.41, 5.74) is 0.296. The zero-order valence-electron chi connectivity index (χ0n) is 16.2. The van der Waals surface area contributed by atoms with Crippen LogP contribution in [0.2, 0.25) is 0 Å². The van der Waals surface area contributed by atoms with Gasteiger partial charge in [0.25, 0.3) is 10.0 Å². The lowest BCUT2D eigenvalue weighted by Crippen LogP contribution is -2.30. The first-order chi connectivity index (χ1) is 13.5. The third-order valence-electron chi connectivity index (χ3n) is 4.34. The van der Waals surface area contributed by atoms with Gasteiger partial charge in [-0.2, -0.15) is 0 Å². The Morgan fingerprint density at radius 2 is 1.71 bits per heavy atom. The second-order valence-corrected chi connectivity index (χ2v) is 8.05. The normalized spacial score (nSPS) is 14.6. The molecule has 9 heteroatoms. The first kappa shape index (κ1) is 20.2. The van der Waals surface area contributed by atoms with Gasteiger partial charge in [-0.05, 0) is 45.2 Å². The fraction of sp³-hybridized carbons (Fsp3) is 0.474. The lowest BCUT2D eigenvalue weighted by molar-refractivity contribution is 0.322. The monoisotopic (exact) mass is 406 g/mol. The zero-order valence-corrected chi connectivity index (χ0v) is 17.0. The molecule has 152 valence electrons. The summed E-state index contributed by atoms with van der Waals surface area (Å²) in [6, 6.07) is 4.74. The highest BCUT2D eigenvalue weighted by molar-refractivity contribution is 7.92. The molecule has 1 aliphatic rings. The number of rotatable bonds is 8. The van der Waals surface area contributed by atoms with E-state index in [1.807, 2.05) is 6.92 Å². The molecule has 8 nitrogen and oxygen atoms in total. The van der Waals surface area contributed by atoms with Gasteiger partial charge in [-0.3, -0.25) is 4.72 Å². The maximum absolute atomic E-state index is 12.9. The molecule has 1 aromatic carbocycles. The summed E-state index contributed by atoms with van der Waals surface area (Å²) in [4.78, 5) is 10.8. The molecule has 1 aliphatic heterocycles. The molecule has 2 heterocycles. The van der Waals surface area contributed by atoms with Crippen molar-refractivity contribution in [2.75, 3.05) is 35.9 Å². The number of hydrogen-bond donors (Lipinski definition) is 1. The van der Waals surface area contributed by atoms with Crippen molar-refractivity contribution in [3.8, 4) is 11.5 Å². The van der Waals surface area contributed by atoms with E-state index in [0.717, 1.165) is 25.9 Å². The highest BCUT2D eigenvalue weighted by atomic mass is 32.2. The molecule has 2 aromatic rings. The Kier molecular flexibility index (Phi) is 6.56. The summed E-state index contributed by atoms with van der Waals surface area (Å²) < 4.78 is 39.3. The number of sulfonamides is 1. The van der Waals surface area contributed by atoms with Gasteiger partial charge in [0.1, 0.15) is 16.4 Å². The van der Waals surface area contributed by atoms with Gasteiger partial charge in [-0.25, -0.2) is 18.4 Å². The zero-order chi connectivity index (χ0) is 20.0. The largest absolute Gasteiger partial charge is 0.494 e. The lowest BCUT2D eigenvalue weighted by atomic mass is 10.1. The number of anilines is 2. The molecule has 3 rings (SSSR count). The number of benzene rings is 1. The lowest BCUT2D eigenvalue weighted by Gasteiger charge is -2.26. The van der Waals surface area contributed by atoms with Gasteiger partial charge in [-0.1, -0.05) is 0 Å². The molecule has 0 spiro atoms. The Bertz CT molecular complexity index is 881. The van der Waals surface area contributed by atoms with Crippen LogP contribution in [-0.4, -0.2) is 44.7 Å². The van der Waals surface area contributed by atoms with E-state index >= 15 is 0 Å². The Balaban J connectivity index is 1.81. The summed E-state index contributed by atoms with van der Waals surface area (Å²) in [6.07, 6.45) is 6.43. The first-order valence-electron chi connectivity index (χ1n) is 9.53. The molecule has 0 saturated carbocycles. The second kappa shape index (κ2) is 9.09. The van der Waals surface area contributed by atoms with Crippen molar-refractivity contribution >= 4 is 21.7 Å². The van der Waals surface area contributed by atoms with Crippen LogP contribution in [0.3, 0.4) is 0 Å². The van der Waals surface area contributed by atoms with Gasteiger partial charge < -0.3 is 14.4 Å². The third-order valence-corrected chi connectivity index (χ3v) is 5.75. The van der Waals surface area contributed by atoms with Gasteiger partial charge in [0.05, 0.1) is 31.3 Å². The predicted molar refractivity (Wildman–Crippen MR) is 108 cm³/mol. The molecule has 0 bridgehead atoms. The van der Waals surface area contributed by atoms with Crippen LogP contribution >= 0.6 is 0 Å². The number of piperidine rings is 1. The minimum atomic E-state index is -3.89. The quantitative estimate of drug-likeness (QED) is 0.720. The predicted octanol–water partition coefficient (Wildman–Crippen LogP) is 3.07.